The van der Waals surface area contributed by atoms with Crippen molar-refractivity contribution in [2.24, 2.45) is 5.92 Å². The number of anilines is 1. The number of rotatable bonds is 7. The maximum atomic E-state index is 12.2. The number of ether oxygens (including phenoxy) is 1. The number of unbranched alkanes of at least 4 members (excludes halogenated alkanes) is 3. The van der Waals surface area contributed by atoms with Crippen LogP contribution in [0.4, 0.5) is 5.00 Å². The van der Waals surface area contributed by atoms with E-state index in [0.717, 1.165) is 50.5 Å². The number of carbonyl (C=O) groups excluding carboxylic acids is 2. The number of carbonyl (C=O) groups is 2. The van der Waals surface area contributed by atoms with Crippen LogP contribution >= 0.6 is 11.3 Å². The van der Waals surface area contributed by atoms with Crippen molar-refractivity contribution >= 4 is 28.2 Å². The van der Waals surface area contributed by atoms with Crippen LogP contribution in [0.5, 0.6) is 0 Å². The molecule has 4 nitrogen and oxygen atoms in total. The fourth-order valence-corrected chi connectivity index (χ4v) is 4.47. The smallest absolute Gasteiger partial charge is 0.341 e. The first-order valence-corrected chi connectivity index (χ1v) is 9.41. The lowest BCUT2D eigenvalue weighted by Gasteiger charge is -2.18. The van der Waals surface area contributed by atoms with Crippen LogP contribution in [0.15, 0.2) is 0 Å². The minimum absolute atomic E-state index is 0.00194. The van der Waals surface area contributed by atoms with E-state index < -0.39 is 0 Å². The molecule has 0 saturated carbocycles. The van der Waals surface area contributed by atoms with E-state index in [1.807, 2.05) is 0 Å². The molecular weight excluding hydrogens is 310 g/mol. The molecule has 0 aromatic carbocycles. The molecule has 1 atom stereocenters. The summed E-state index contributed by atoms with van der Waals surface area (Å²) < 4.78 is 4.94. The molecule has 0 fully saturated rings. The van der Waals surface area contributed by atoms with Crippen molar-refractivity contribution in [3.63, 3.8) is 0 Å². The molecule has 5 heteroatoms. The Labute approximate surface area is 142 Å². The Hall–Kier alpha value is -1.36. The normalized spacial score (nSPS) is 16.7. The first-order chi connectivity index (χ1) is 11.1. The molecule has 1 aliphatic carbocycles. The molecule has 1 aromatic rings. The summed E-state index contributed by atoms with van der Waals surface area (Å²) in [7, 11) is 1.40. The summed E-state index contributed by atoms with van der Waals surface area (Å²) in [6.45, 7) is 4.38. The predicted octanol–water partition coefficient (Wildman–Crippen LogP) is 4.57. The van der Waals surface area contributed by atoms with E-state index in [1.165, 1.54) is 12.0 Å². The second kappa shape index (κ2) is 8.48. The molecule has 1 aliphatic rings. The highest BCUT2D eigenvalue weighted by Crippen LogP contribution is 2.40. The van der Waals surface area contributed by atoms with Crippen molar-refractivity contribution in [1.82, 2.24) is 0 Å². The summed E-state index contributed by atoms with van der Waals surface area (Å²) in [4.78, 5) is 25.5. The first kappa shape index (κ1) is 18.0. The Bertz CT molecular complexity index is 565. The van der Waals surface area contributed by atoms with Gasteiger partial charge >= 0.3 is 5.97 Å². The Morgan fingerprint density at radius 2 is 2.09 bits per heavy atom. The van der Waals surface area contributed by atoms with Crippen molar-refractivity contribution < 1.29 is 14.3 Å². The standard InChI is InChI=1S/C18H27NO3S/c1-4-5-6-7-8-15(20)19-17-16(18(21)22-3)13-10-9-12(2)11-14(13)23-17/h12H,4-11H2,1-3H3,(H,19,20). The second-order valence-electron chi connectivity index (χ2n) is 6.41. The van der Waals surface area contributed by atoms with Crippen molar-refractivity contribution in [3.8, 4) is 0 Å². The highest BCUT2D eigenvalue weighted by Gasteiger charge is 2.28. The Kier molecular flexibility index (Phi) is 6.63. The van der Waals surface area contributed by atoms with Gasteiger partial charge in [0.15, 0.2) is 0 Å². The molecule has 1 unspecified atom stereocenters. The minimum Gasteiger partial charge on any atom is -0.465 e. The van der Waals surface area contributed by atoms with E-state index in [9.17, 15) is 9.59 Å². The maximum absolute atomic E-state index is 12.2. The van der Waals surface area contributed by atoms with Gasteiger partial charge in [0.2, 0.25) is 5.91 Å². The SMILES string of the molecule is CCCCCCC(=O)Nc1sc2c(c1C(=O)OC)CCC(C)C2. The third-order valence-corrected chi connectivity index (χ3v) is 5.58. The number of thiophene rings is 1. The molecule has 0 radical (unpaired) electrons. The van der Waals surface area contributed by atoms with Gasteiger partial charge in [-0.05, 0) is 37.2 Å². The fraction of sp³-hybridized carbons (Fsp3) is 0.667. The predicted molar refractivity (Wildman–Crippen MR) is 94.2 cm³/mol. The number of amides is 1. The highest BCUT2D eigenvalue weighted by molar-refractivity contribution is 7.17. The summed E-state index contributed by atoms with van der Waals surface area (Å²) in [6.07, 6.45) is 7.76. The Morgan fingerprint density at radius 3 is 2.78 bits per heavy atom. The quantitative estimate of drug-likeness (QED) is 0.586. The molecule has 1 aromatic heterocycles. The monoisotopic (exact) mass is 337 g/mol. The molecule has 128 valence electrons. The largest absolute Gasteiger partial charge is 0.465 e. The van der Waals surface area contributed by atoms with Crippen molar-refractivity contribution in [3.05, 3.63) is 16.0 Å². The molecule has 1 amide bonds. The summed E-state index contributed by atoms with van der Waals surface area (Å²) in [5, 5.41) is 3.63. The minimum atomic E-state index is -0.335. The maximum Gasteiger partial charge on any atom is 0.341 e. The molecule has 0 saturated heterocycles. The molecule has 2 rings (SSSR count). The van der Waals surface area contributed by atoms with Crippen LogP contribution in [-0.4, -0.2) is 19.0 Å². The third-order valence-electron chi connectivity index (χ3n) is 4.41. The molecule has 0 bridgehead atoms. The number of fused-ring (bicyclic) bond motifs is 1. The van der Waals surface area contributed by atoms with Gasteiger partial charge in [0.05, 0.1) is 12.7 Å². The van der Waals surface area contributed by atoms with Crippen molar-refractivity contribution in [2.45, 2.75) is 65.2 Å². The molecule has 23 heavy (non-hydrogen) atoms. The molecule has 1 N–H and O–H groups in total. The average molecular weight is 337 g/mol. The van der Waals surface area contributed by atoms with Gasteiger partial charge in [0.25, 0.3) is 0 Å². The second-order valence-corrected chi connectivity index (χ2v) is 7.51. The van der Waals surface area contributed by atoms with Gasteiger partial charge in [-0.3, -0.25) is 4.79 Å². The summed E-state index contributed by atoms with van der Waals surface area (Å²) in [5.41, 5.74) is 1.67. The van der Waals surface area contributed by atoms with Crippen LogP contribution in [0.1, 0.15) is 73.2 Å². The summed E-state index contributed by atoms with van der Waals surface area (Å²) in [5.74, 6) is 0.292. The van der Waals surface area contributed by atoms with Gasteiger partial charge in [0.1, 0.15) is 5.00 Å². The zero-order valence-electron chi connectivity index (χ0n) is 14.4. The van der Waals surface area contributed by atoms with Gasteiger partial charge in [0, 0.05) is 11.3 Å². The fourth-order valence-electron chi connectivity index (χ4n) is 3.06. The van der Waals surface area contributed by atoms with Gasteiger partial charge in [-0.2, -0.15) is 0 Å². The topological polar surface area (TPSA) is 55.4 Å². The number of nitrogens with one attached hydrogen (secondary N) is 1. The molecular formula is C18H27NO3S. The van der Waals surface area contributed by atoms with Crippen LogP contribution in [0.2, 0.25) is 0 Å². The van der Waals surface area contributed by atoms with E-state index in [4.69, 9.17) is 4.74 Å². The number of hydrogen-bond donors (Lipinski definition) is 1. The van der Waals surface area contributed by atoms with Crippen LogP contribution in [-0.2, 0) is 22.4 Å². The Balaban J connectivity index is 2.11. The van der Waals surface area contributed by atoms with Crippen molar-refractivity contribution in [2.75, 3.05) is 12.4 Å². The lowest BCUT2D eigenvalue weighted by molar-refractivity contribution is -0.116. The van der Waals surface area contributed by atoms with Crippen molar-refractivity contribution in [1.29, 1.82) is 0 Å². The average Bonchev–Trinajstić information content (AvgIpc) is 2.87. The molecule has 0 aliphatic heterocycles. The first-order valence-electron chi connectivity index (χ1n) is 8.59. The van der Waals surface area contributed by atoms with E-state index in [0.29, 0.717) is 22.9 Å². The molecule has 0 spiro atoms. The van der Waals surface area contributed by atoms with E-state index >= 15 is 0 Å². The highest BCUT2D eigenvalue weighted by atomic mass is 32.1. The van der Waals surface area contributed by atoms with Gasteiger partial charge in [-0.15, -0.1) is 11.3 Å². The van der Waals surface area contributed by atoms with Crippen LogP contribution in [0.3, 0.4) is 0 Å². The van der Waals surface area contributed by atoms with Gasteiger partial charge in [-0.25, -0.2) is 4.79 Å². The lowest BCUT2D eigenvalue weighted by Crippen LogP contribution is -2.15. The van der Waals surface area contributed by atoms with Crippen LogP contribution in [0.25, 0.3) is 0 Å². The summed E-state index contributed by atoms with van der Waals surface area (Å²) >= 11 is 1.55. The molecule has 1 heterocycles. The van der Waals surface area contributed by atoms with Crippen LogP contribution in [0, 0.1) is 5.92 Å². The van der Waals surface area contributed by atoms with Gasteiger partial charge < -0.3 is 10.1 Å². The number of hydrogen-bond acceptors (Lipinski definition) is 4. The zero-order valence-corrected chi connectivity index (χ0v) is 15.2. The Morgan fingerprint density at radius 1 is 1.30 bits per heavy atom. The third kappa shape index (κ3) is 4.56. The van der Waals surface area contributed by atoms with Gasteiger partial charge in [-0.1, -0.05) is 33.1 Å². The van der Waals surface area contributed by atoms with E-state index in [-0.39, 0.29) is 11.9 Å². The van der Waals surface area contributed by atoms with E-state index in [2.05, 4.69) is 19.2 Å². The van der Waals surface area contributed by atoms with Crippen LogP contribution < -0.4 is 5.32 Å². The summed E-state index contributed by atoms with van der Waals surface area (Å²) in [6, 6.07) is 0. The number of esters is 1. The van der Waals surface area contributed by atoms with E-state index in [1.54, 1.807) is 11.3 Å². The zero-order chi connectivity index (χ0) is 16.8. The number of methoxy groups -OCH3 is 1. The lowest BCUT2D eigenvalue weighted by atomic mass is 9.88.